The minimum Gasteiger partial charge on any atom is -0.456 e. The second kappa shape index (κ2) is 10.9. The lowest BCUT2D eigenvalue weighted by Crippen LogP contribution is -1.92. The lowest BCUT2D eigenvalue weighted by Gasteiger charge is -2.19. The Morgan fingerprint density at radius 3 is 1.46 bits per heavy atom. The first-order valence-corrected chi connectivity index (χ1v) is 16.3. The van der Waals surface area contributed by atoms with Crippen LogP contribution < -0.4 is 0 Å². The standard InChI is InChI=1S/C44H27BrO/c45-33-22-23-40-39(27-33)44-38(20-11-21-41(44)46-40)43-36-18-9-7-16-34(36)42(35-17-8-10-19-37(35)43)32-25-30(28-12-3-1-4-13-28)24-31(26-32)29-14-5-2-6-15-29/h1-27H. The second-order valence-electron chi connectivity index (χ2n) is 11.8. The van der Waals surface area contributed by atoms with E-state index >= 15 is 0 Å². The van der Waals surface area contributed by atoms with E-state index in [1.54, 1.807) is 0 Å². The Bertz CT molecular complexity index is 2460. The van der Waals surface area contributed by atoms with Crippen molar-refractivity contribution in [1.29, 1.82) is 0 Å². The van der Waals surface area contributed by atoms with E-state index in [1.165, 1.54) is 66.1 Å². The van der Waals surface area contributed by atoms with Crippen LogP contribution in [0.15, 0.2) is 173 Å². The molecule has 0 unspecified atom stereocenters. The van der Waals surface area contributed by atoms with Gasteiger partial charge >= 0.3 is 0 Å². The smallest absolute Gasteiger partial charge is 0.136 e. The summed E-state index contributed by atoms with van der Waals surface area (Å²) in [6.45, 7) is 0. The molecule has 2 heteroatoms. The van der Waals surface area contributed by atoms with Crippen LogP contribution in [0.2, 0.25) is 0 Å². The summed E-state index contributed by atoms with van der Waals surface area (Å²) in [5.74, 6) is 0. The Kier molecular flexibility index (Phi) is 6.36. The van der Waals surface area contributed by atoms with Gasteiger partial charge < -0.3 is 4.42 Å². The molecule has 1 heterocycles. The van der Waals surface area contributed by atoms with Crippen molar-refractivity contribution in [1.82, 2.24) is 0 Å². The number of benzene rings is 8. The van der Waals surface area contributed by atoms with Crippen LogP contribution in [0.25, 0.3) is 88.0 Å². The largest absolute Gasteiger partial charge is 0.456 e. The van der Waals surface area contributed by atoms with Crippen molar-refractivity contribution in [3.05, 3.63) is 168 Å². The van der Waals surface area contributed by atoms with E-state index in [0.29, 0.717) is 0 Å². The monoisotopic (exact) mass is 650 g/mol. The second-order valence-corrected chi connectivity index (χ2v) is 12.7. The van der Waals surface area contributed by atoms with Crippen LogP contribution in [0.5, 0.6) is 0 Å². The van der Waals surface area contributed by atoms with Gasteiger partial charge in [0.1, 0.15) is 11.2 Å². The first-order valence-electron chi connectivity index (χ1n) is 15.5. The Morgan fingerprint density at radius 1 is 0.348 bits per heavy atom. The van der Waals surface area contributed by atoms with Gasteiger partial charge in [0, 0.05) is 15.2 Å². The van der Waals surface area contributed by atoms with Gasteiger partial charge in [0.05, 0.1) is 0 Å². The predicted molar refractivity (Wildman–Crippen MR) is 198 cm³/mol. The van der Waals surface area contributed by atoms with Gasteiger partial charge in [0.15, 0.2) is 0 Å². The van der Waals surface area contributed by atoms with Gasteiger partial charge in [-0.15, -0.1) is 0 Å². The van der Waals surface area contributed by atoms with Crippen molar-refractivity contribution < 1.29 is 4.42 Å². The Balaban J connectivity index is 1.40. The molecular formula is C44H27BrO. The Hall–Kier alpha value is -5.44. The number of hydrogen-bond acceptors (Lipinski definition) is 1. The van der Waals surface area contributed by atoms with Crippen molar-refractivity contribution in [2.45, 2.75) is 0 Å². The maximum Gasteiger partial charge on any atom is 0.136 e. The number of halogens is 1. The van der Waals surface area contributed by atoms with E-state index in [2.05, 4.69) is 168 Å². The van der Waals surface area contributed by atoms with Crippen LogP contribution in [-0.2, 0) is 0 Å². The molecule has 0 aliphatic heterocycles. The average molecular weight is 652 g/mol. The molecule has 8 aromatic carbocycles. The first kappa shape index (κ1) is 26.9. The summed E-state index contributed by atoms with van der Waals surface area (Å²) in [6, 6.07) is 58.9. The summed E-state index contributed by atoms with van der Waals surface area (Å²) in [4.78, 5) is 0. The SMILES string of the molecule is Brc1ccc2oc3cccc(-c4c5ccccc5c(-c5cc(-c6ccccc6)cc(-c6ccccc6)c5)c5ccccc45)c3c2c1. The van der Waals surface area contributed by atoms with Crippen LogP contribution in [0.4, 0.5) is 0 Å². The molecule has 0 aliphatic rings. The van der Waals surface area contributed by atoms with Gasteiger partial charge in [-0.2, -0.15) is 0 Å². The zero-order chi connectivity index (χ0) is 30.6. The number of fused-ring (bicyclic) bond motifs is 5. The van der Waals surface area contributed by atoms with Crippen molar-refractivity contribution in [2.75, 3.05) is 0 Å². The summed E-state index contributed by atoms with van der Waals surface area (Å²) in [5, 5.41) is 7.15. The molecule has 1 aromatic heterocycles. The Morgan fingerprint density at radius 2 is 0.870 bits per heavy atom. The third-order valence-electron chi connectivity index (χ3n) is 9.09. The molecule has 46 heavy (non-hydrogen) atoms. The quantitative estimate of drug-likeness (QED) is 0.173. The van der Waals surface area contributed by atoms with E-state index in [4.69, 9.17) is 4.42 Å². The summed E-state index contributed by atoms with van der Waals surface area (Å²) in [5.41, 5.74) is 11.5. The zero-order valence-corrected chi connectivity index (χ0v) is 26.5. The third kappa shape index (κ3) is 4.37. The van der Waals surface area contributed by atoms with E-state index in [-0.39, 0.29) is 0 Å². The van der Waals surface area contributed by atoms with Crippen molar-refractivity contribution in [2.24, 2.45) is 0 Å². The maximum atomic E-state index is 6.38. The molecule has 0 amide bonds. The van der Waals surface area contributed by atoms with Crippen LogP contribution in [0, 0.1) is 0 Å². The van der Waals surface area contributed by atoms with Gasteiger partial charge in [-0.1, -0.05) is 137 Å². The summed E-state index contributed by atoms with van der Waals surface area (Å²) < 4.78 is 7.41. The van der Waals surface area contributed by atoms with Crippen LogP contribution in [0.3, 0.4) is 0 Å². The number of hydrogen-bond donors (Lipinski definition) is 0. The summed E-state index contributed by atoms with van der Waals surface area (Å²) in [7, 11) is 0. The molecule has 0 saturated carbocycles. The minimum absolute atomic E-state index is 0.891. The molecule has 216 valence electrons. The number of rotatable bonds is 4. The lowest BCUT2D eigenvalue weighted by molar-refractivity contribution is 0.669. The van der Waals surface area contributed by atoms with Crippen molar-refractivity contribution in [3.63, 3.8) is 0 Å². The normalized spacial score (nSPS) is 11.6. The average Bonchev–Trinajstić information content (AvgIpc) is 3.49. The molecule has 0 saturated heterocycles. The van der Waals surface area contributed by atoms with Gasteiger partial charge in [-0.05, 0) is 109 Å². The third-order valence-corrected chi connectivity index (χ3v) is 9.59. The van der Waals surface area contributed by atoms with Crippen LogP contribution in [0.1, 0.15) is 0 Å². The van der Waals surface area contributed by atoms with Gasteiger partial charge in [0.2, 0.25) is 0 Å². The molecular weight excluding hydrogens is 624 g/mol. The molecule has 0 bridgehead atoms. The molecule has 9 rings (SSSR count). The predicted octanol–water partition coefficient (Wildman–Crippen LogP) is 13.3. The highest BCUT2D eigenvalue weighted by Crippen LogP contribution is 2.48. The maximum absolute atomic E-state index is 6.38. The fourth-order valence-corrected chi connectivity index (χ4v) is 7.46. The van der Waals surface area contributed by atoms with E-state index in [0.717, 1.165) is 26.4 Å². The van der Waals surface area contributed by atoms with Crippen molar-refractivity contribution >= 4 is 59.4 Å². The molecule has 0 atom stereocenters. The van der Waals surface area contributed by atoms with E-state index in [1.807, 2.05) is 12.1 Å². The Labute approximate surface area is 275 Å². The fraction of sp³-hybridized carbons (Fsp3) is 0. The van der Waals surface area contributed by atoms with Crippen molar-refractivity contribution in [3.8, 4) is 44.5 Å². The zero-order valence-electron chi connectivity index (χ0n) is 24.9. The highest BCUT2D eigenvalue weighted by atomic mass is 79.9. The fourth-order valence-electron chi connectivity index (χ4n) is 7.10. The van der Waals surface area contributed by atoms with E-state index < -0.39 is 0 Å². The van der Waals surface area contributed by atoms with Crippen LogP contribution >= 0.6 is 15.9 Å². The van der Waals surface area contributed by atoms with Gasteiger partial charge in [-0.3, -0.25) is 0 Å². The highest BCUT2D eigenvalue weighted by molar-refractivity contribution is 9.10. The van der Waals surface area contributed by atoms with Gasteiger partial charge in [-0.25, -0.2) is 0 Å². The summed E-state index contributed by atoms with van der Waals surface area (Å²) >= 11 is 3.70. The molecule has 9 aromatic rings. The molecule has 0 fully saturated rings. The molecule has 0 N–H and O–H groups in total. The molecule has 1 nitrogen and oxygen atoms in total. The minimum atomic E-state index is 0.891. The molecule has 0 spiro atoms. The highest BCUT2D eigenvalue weighted by Gasteiger charge is 2.21. The molecule has 0 radical (unpaired) electrons. The van der Waals surface area contributed by atoms with E-state index in [9.17, 15) is 0 Å². The van der Waals surface area contributed by atoms with Crippen LogP contribution in [-0.4, -0.2) is 0 Å². The van der Waals surface area contributed by atoms with Gasteiger partial charge in [0.25, 0.3) is 0 Å². The lowest BCUT2D eigenvalue weighted by atomic mass is 9.83. The topological polar surface area (TPSA) is 13.1 Å². The first-order chi connectivity index (χ1) is 22.7. The molecule has 0 aliphatic carbocycles. The number of furan rings is 1. The summed E-state index contributed by atoms with van der Waals surface area (Å²) in [6.07, 6.45) is 0.